The first kappa shape index (κ1) is 28.8. The second-order valence-electron chi connectivity index (χ2n) is 8.93. The molecule has 2 heterocycles. The van der Waals surface area contributed by atoms with Crippen molar-refractivity contribution in [1.82, 2.24) is 0 Å². The number of azide groups is 1. The summed E-state index contributed by atoms with van der Waals surface area (Å²) in [6.45, 7) is 3.87. The molecule has 0 N–H and O–H groups in total. The fourth-order valence-corrected chi connectivity index (χ4v) is 4.83. The molecule has 0 unspecified atom stereocenters. The van der Waals surface area contributed by atoms with Crippen LogP contribution in [0.15, 0.2) is 5.11 Å². The Bertz CT molecular complexity index is 1040. The van der Waals surface area contributed by atoms with Crippen LogP contribution in [0.2, 0.25) is 0 Å². The molecule has 0 aromatic heterocycles. The van der Waals surface area contributed by atoms with E-state index in [1.807, 2.05) is 0 Å². The van der Waals surface area contributed by atoms with Crippen LogP contribution < -0.4 is 0 Å². The lowest BCUT2D eigenvalue weighted by atomic mass is 9.77. The van der Waals surface area contributed by atoms with E-state index in [9.17, 15) is 28.8 Å². The molecule has 0 aromatic carbocycles. The predicted octanol–water partition coefficient (Wildman–Crippen LogP) is 0.243. The van der Waals surface area contributed by atoms with Gasteiger partial charge in [0.15, 0.2) is 24.6 Å². The van der Waals surface area contributed by atoms with E-state index in [4.69, 9.17) is 38.7 Å². The highest BCUT2D eigenvalue weighted by molar-refractivity contribution is 5.87. The second-order valence-corrected chi connectivity index (χ2v) is 8.93. The summed E-state index contributed by atoms with van der Waals surface area (Å²) in [5.41, 5.74) is 8.78. The average molecular weight is 541 g/mol. The smallest absolute Gasteiger partial charge is 0.310 e. The van der Waals surface area contributed by atoms with Gasteiger partial charge in [0.2, 0.25) is 5.91 Å². The molecule has 2 aliphatic heterocycles. The van der Waals surface area contributed by atoms with Gasteiger partial charge in [-0.1, -0.05) is 0 Å². The van der Waals surface area contributed by atoms with Crippen molar-refractivity contribution in [2.45, 2.75) is 83.5 Å². The monoisotopic (exact) mass is 541 g/mol. The molecule has 208 valence electrons. The Morgan fingerprint density at radius 2 is 1.53 bits per heavy atom. The lowest BCUT2D eigenvalue weighted by Crippen LogP contribution is -2.63. The van der Waals surface area contributed by atoms with Crippen molar-refractivity contribution in [3.05, 3.63) is 10.4 Å². The number of hydrogen-bond donors (Lipinski definition) is 0. The summed E-state index contributed by atoms with van der Waals surface area (Å²) in [6, 6.07) is 0. The van der Waals surface area contributed by atoms with E-state index in [2.05, 4.69) is 10.0 Å². The highest BCUT2D eigenvalue weighted by Gasteiger charge is 2.57. The van der Waals surface area contributed by atoms with Gasteiger partial charge in [-0.2, -0.15) is 0 Å². The third-order valence-electron chi connectivity index (χ3n) is 6.12. The maximum Gasteiger partial charge on any atom is 0.310 e. The van der Waals surface area contributed by atoms with Crippen LogP contribution >= 0.6 is 0 Å². The Kier molecular flexibility index (Phi) is 9.25. The van der Waals surface area contributed by atoms with E-state index < -0.39 is 97.1 Å². The molecule has 9 atom stereocenters. The molecule has 2 saturated heterocycles. The highest BCUT2D eigenvalue weighted by Crippen LogP contribution is 2.42. The Balaban J connectivity index is 2.00. The number of esters is 5. The van der Waals surface area contributed by atoms with E-state index in [0.717, 1.165) is 27.7 Å². The van der Waals surface area contributed by atoms with Crippen LogP contribution in [0.4, 0.5) is 0 Å². The summed E-state index contributed by atoms with van der Waals surface area (Å²) in [7, 11) is 0. The summed E-state index contributed by atoms with van der Waals surface area (Å²) in [5, 5.41) is 3.12. The summed E-state index contributed by atoms with van der Waals surface area (Å²) in [4.78, 5) is 74.8. The van der Waals surface area contributed by atoms with Crippen LogP contribution in [0.5, 0.6) is 0 Å². The van der Waals surface area contributed by atoms with Gasteiger partial charge in [-0.25, -0.2) is 0 Å². The number of ether oxygens (including phenoxy) is 7. The van der Waals surface area contributed by atoms with Crippen LogP contribution in [-0.4, -0.2) is 85.3 Å². The Hall–Kier alpha value is -3.75. The van der Waals surface area contributed by atoms with E-state index >= 15 is 0 Å². The summed E-state index contributed by atoms with van der Waals surface area (Å²) >= 11 is 0. The molecular weight excluding hydrogens is 514 g/mol. The van der Waals surface area contributed by atoms with Crippen molar-refractivity contribution in [2.75, 3.05) is 6.61 Å². The van der Waals surface area contributed by atoms with E-state index in [-0.39, 0.29) is 12.8 Å². The first-order valence-corrected chi connectivity index (χ1v) is 11.7. The SMILES string of the molecule is CC(=O)OC[C@H]1O[C@@H](O[C@@H]2C[C@H]3C[C@H](C(=O)O3)[C@@H]2C(=O)N=[N+]=[N-])[C@H](OC(C)=O)[C@@H](OC(C)=O)[C@@H]1OC(C)=O. The number of carbonyl (C=O) groups excluding carboxylic acids is 6. The zero-order valence-electron chi connectivity index (χ0n) is 21.0. The van der Waals surface area contributed by atoms with Crippen molar-refractivity contribution < 1.29 is 61.9 Å². The van der Waals surface area contributed by atoms with Gasteiger partial charge < -0.3 is 33.2 Å². The van der Waals surface area contributed by atoms with Gasteiger partial charge in [0.25, 0.3) is 0 Å². The molecular formula is C22H27N3O13. The Morgan fingerprint density at radius 1 is 0.921 bits per heavy atom. The molecule has 1 aliphatic carbocycles. The largest absolute Gasteiger partial charge is 0.463 e. The van der Waals surface area contributed by atoms with Crippen LogP contribution in [0.3, 0.4) is 0 Å². The topological polar surface area (TPSA) is 216 Å². The van der Waals surface area contributed by atoms with E-state index in [1.54, 1.807) is 0 Å². The zero-order valence-corrected chi connectivity index (χ0v) is 21.0. The maximum absolute atomic E-state index is 12.6. The highest BCUT2D eigenvalue weighted by atomic mass is 16.7. The minimum absolute atomic E-state index is 0.00641. The van der Waals surface area contributed by atoms with E-state index in [0.29, 0.717) is 0 Å². The molecule has 0 spiro atoms. The van der Waals surface area contributed by atoms with Crippen LogP contribution in [0, 0.1) is 11.8 Å². The van der Waals surface area contributed by atoms with Crippen LogP contribution in [0.1, 0.15) is 40.5 Å². The number of nitrogens with zero attached hydrogens (tertiary/aromatic N) is 3. The third-order valence-corrected chi connectivity index (χ3v) is 6.12. The van der Waals surface area contributed by atoms with Crippen LogP contribution in [0.25, 0.3) is 10.4 Å². The van der Waals surface area contributed by atoms with Crippen molar-refractivity contribution in [2.24, 2.45) is 17.0 Å². The molecule has 3 fully saturated rings. The molecule has 16 heteroatoms. The molecule has 3 rings (SSSR count). The zero-order chi connectivity index (χ0) is 28.1. The standard InChI is InChI=1S/C22H27N3O13/c1-8(26)32-7-15-17(33-9(2)27)18(34-10(3)28)19(35-11(4)29)22(38-15)37-14-6-12-5-13(21(31)36-12)16(14)20(30)24-25-23/h12-19,22H,5-7H2,1-4H3/t12-,13+,14-,15-,16+,17-,18+,19-,22-/m1/s1. The van der Waals surface area contributed by atoms with E-state index in [1.165, 1.54) is 0 Å². The normalized spacial score (nSPS) is 33.7. The summed E-state index contributed by atoms with van der Waals surface area (Å²) in [6.07, 6.45) is -8.76. The lowest BCUT2D eigenvalue weighted by molar-refractivity contribution is -0.321. The third kappa shape index (κ3) is 6.76. The Morgan fingerprint density at radius 3 is 2.11 bits per heavy atom. The molecule has 1 amide bonds. The van der Waals surface area contributed by atoms with Gasteiger partial charge in [0.05, 0.1) is 17.9 Å². The van der Waals surface area contributed by atoms with Gasteiger partial charge in [-0.05, 0) is 17.1 Å². The van der Waals surface area contributed by atoms with Crippen molar-refractivity contribution in [3.8, 4) is 0 Å². The number of hydrogen-bond acceptors (Lipinski definition) is 13. The number of rotatable bonds is 8. The first-order valence-electron chi connectivity index (χ1n) is 11.7. The van der Waals surface area contributed by atoms with Gasteiger partial charge in [-0.3, -0.25) is 28.8 Å². The number of carbonyl (C=O) groups is 6. The molecule has 38 heavy (non-hydrogen) atoms. The second kappa shape index (κ2) is 12.2. The molecule has 1 saturated carbocycles. The first-order chi connectivity index (χ1) is 17.9. The summed E-state index contributed by atoms with van der Waals surface area (Å²) < 4.78 is 38.2. The lowest BCUT2D eigenvalue weighted by Gasteiger charge is -2.45. The quantitative estimate of drug-likeness (QED) is 0.132. The Labute approximate surface area is 215 Å². The summed E-state index contributed by atoms with van der Waals surface area (Å²) in [5.74, 6) is -7.00. The van der Waals surface area contributed by atoms with Gasteiger partial charge in [0.1, 0.15) is 18.8 Å². The van der Waals surface area contributed by atoms with Gasteiger partial charge >= 0.3 is 29.8 Å². The average Bonchev–Trinajstić information content (AvgIpc) is 3.09. The molecule has 2 bridgehead atoms. The maximum atomic E-state index is 12.6. The molecule has 0 aromatic rings. The molecule has 3 aliphatic rings. The van der Waals surface area contributed by atoms with Crippen LogP contribution in [-0.2, 0) is 61.9 Å². The number of fused-ring (bicyclic) bond motifs is 2. The van der Waals surface area contributed by atoms with Crippen molar-refractivity contribution >= 4 is 35.8 Å². The number of amides is 1. The molecule has 0 radical (unpaired) electrons. The predicted molar refractivity (Wildman–Crippen MR) is 117 cm³/mol. The minimum atomic E-state index is -1.57. The van der Waals surface area contributed by atoms with Gasteiger partial charge in [0, 0.05) is 39.0 Å². The van der Waals surface area contributed by atoms with Crippen molar-refractivity contribution in [3.63, 3.8) is 0 Å². The van der Waals surface area contributed by atoms with Gasteiger partial charge in [-0.15, -0.1) is 0 Å². The minimum Gasteiger partial charge on any atom is -0.463 e. The molecule has 16 nitrogen and oxygen atoms in total. The van der Waals surface area contributed by atoms with Crippen molar-refractivity contribution in [1.29, 1.82) is 0 Å². The fourth-order valence-electron chi connectivity index (χ4n) is 4.83. The fraction of sp³-hybridized carbons (Fsp3) is 0.727.